The third-order valence-corrected chi connectivity index (χ3v) is 3.82. The number of rotatable bonds is 1. The number of benzene rings is 1. The van der Waals surface area contributed by atoms with E-state index in [0.29, 0.717) is 22.2 Å². The maximum atomic E-state index is 12.9. The Morgan fingerprint density at radius 3 is 2.68 bits per heavy atom. The standard InChI is InChI=1S/C12H9F3O3S/c1-6-2-3-7-5-8(18-11(16)17)10(12(13,14)15)19-9(7)4-6/h2-5,10H,1H3,(H,16,17). The molecule has 1 aromatic rings. The van der Waals surface area contributed by atoms with Gasteiger partial charge in [-0.15, -0.1) is 11.8 Å². The van der Waals surface area contributed by atoms with Crippen molar-refractivity contribution in [3.63, 3.8) is 0 Å². The van der Waals surface area contributed by atoms with Crippen molar-refractivity contribution in [1.82, 2.24) is 0 Å². The smallest absolute Gasteiger partial charge is 0.449 e. The summed E-state index contributed by atoms with van der Waals surface area (Å²) in [6.07, 6.45) is -5.21. The molecule has 0 aliphatic carbocycles. The van der Waals surface area contributed by atoms with Crippen LogP contribution in [0.3, 0.4) is 0 Å². The van der Waals surface area contributed by atoms with Crippen LogP contribution < -0.4 is 0 Å². The van der Waals surface area contributed by atoms with Crippen LogP contribution in [0, 0.1) is 6.92 Å². The summed E-state index contributed by atoms with van der Waals surface area (Å²) < 4.78 is 43.0. The molecule has 1 N–H and O–H groups in total. The topological polar surface area (TPSA) is 46.5 Å². The lowest BCUT2D eigenvalue weighted by atomic mass is 10.1. The van der Waals surface area contributed by atoms with E-state index in [1.165, 1.54) is 0 Å². The molecule has 1 aliphatic rings. The maximum Gasteiger partial charge on any atom is 0.511 e. The van der Waals surface area contributed by atoms with E-state index >= 15 is 0 Å². The van der Waals surface area contributed by atoms with Gasteiger partial charge in [0.25, 0.3) is 0 Å². The zero-order valence-corrected chi connectivity index (χ0v) is 10.5. The van der Waals surface area contributed by atoms with Crippen LogP contribution in [0.4, 0.5) is 18.0 Å². The third-order valence-electron chi connectivity index (χ3n) is 2.47. The second-order valence-electron chi connectivity index (χ2n) is 4.00. The van der Waals surface area contributed by atoms with Gasteiger partial charge < -0.3 is 9.84 Å². The lowest BCUT2D eigenvalue weighted by Crippen LogP contribution is -2.31. The van der Waals surface area contributed by atoms with Gasteiger partial charge in [0.1, 0.15) is 5.76 Å². The molecule has 0 radical (unpaired) electrons. The zero-order chi connectivity index (χ0) is 14.2. The molecule has 0 amide bonds. The van der Waals surface area contributed by atoms with Crippen LogP contribution in [-0.2, 0) is 4.74 Å². The number of hydrogen-bond donors (Lipinski definition) is 1. The average molecular weight is 290 g/mol. The number of hydrogen-bond acceptors (Lipinski definition) is 3. The lowest BCUT2D eigenvalue weighted by Gasteiger charge is -2.26. The Balaban J connectivity index is 2.45. The molecule has 1 heterocycles. The molecule has 2 rings (SSSR count). The summed E-state index contributed by atoms with van der Waals surface area (Å²) in [5.41, 5.74) is 1.36. The number of carboxylic acid groups (broad SMARTS) is 1. The van der Waals surface area contributed by atoms with Gasteiger partial charge in [0.15, 0.2) is 5.25 Å². The van der Waals surface area contributed by atoms with Crippen molar-refractivity contribution in [2.45, 2.75) is 23.2 Å². The van der Waals surface area contributed by atoms with Crippen LogP contribution in [0.5, 0.6) is 0 Å². The average Bonchev–Trinajstić information content (AvgIpc) is 2.26. The number of thioether (sulfide) groups is 1. The molecule has 102 valence electrons. The quantitative estimate of drug-likeness (QED) is 0.792. The molecule has 0 fully saturated rings. The van der Waals surface area contributed by atoms with Gasteiger partial charge in [0.05, 0.1) is 0 Å². The molecule has 0 saturated heterocycles. The molecule has 1 atom stereocenters. The Kier molecular flexibility index (Phi) is 3.49. The summed E-state index contributed by atoms with van der Waals surface area (Å²) in [5, 5.41) is 6.50. The Morgan fingerprint density at radius 2 is 2.11 bits per heavy atom. The van der Waals surface area contributed by atoms with Gasteiger partial charge in [-0.1, -0.05) is 12.1 Å². The van der Waals surface area contributed by atoms with E-state index in [1.54, 1.807) is 25.1 Å². The van der Waals surface area contributed by atoms with Crippen molar-refractivity contribution in [2.24, 2.45) is 0 Å². The summed E-state index contributed by atoms with van der Waals surface area (Å²) in [7, 11) is 0. The van der Waals surface area contributed by atoms with E-state index in [-0.39, 0.29) is 0 Å². The van der Waals surface area contributed by atoms with Crippen molar-refractivity contribution in [3.8, 4) is 0 Å². The van der Waals surface area contributed by atoms with E-state index in [4.69, 9.17) is 5.11 Å². The summed E-state index contributed by atoms with van der Waals surface area (Å²) in [5.74, 6) is -0.610. The van der Waals surface area contributed by atoms with Gasteiger partial charge >= 0.3 is 12.3 Å². The molecule has 0 bridgehead atoms. The lowest BCUT2D eigenvalue weighted by molar-refractivity contribution is -0.127. The highest BCUT2D eigenvalue weighted by molar-refractivity contribution is 8.00. The monoisotopic (exact) mass is 290 g/mol. The second kappa shape index (κ2) is 4.80. The molecule has 19 heavy (non-hydrogen) atoms. The normalized spacial score (nSPS) is 18.5. The van der Waals surface area contributed by atoms with Crippen LogP contribution in [0.25, 0.3) is 6.08 Å². The van der Waals surface area contributed by atoms with Gasteiger partial charge in [-0.3, -0.25) is 0 Å². The van der Waals surface area contributed by atoms with Crippen LogP contribution in [0.1, 0.15) is 11.1 Å². The predicted molar refractivity (Wildman–Crippen MR) is 64.0 cm³/mol. The molecular formula is C12H9F3O3S. The molecule has 0 aromatic heterocycles. The SMILES string of the molecule is Cc1ccc2c(c1)SC(C(F)(F)F)C(OC(=O)O)=C2. The van der Waals surface area contributed by atoms with E-state index in [9.17, 15) is 18.0 Å². The number of alkyl halides is 3. The van der Waals surface area contributed by atoms with E-state index < -0.39 is 23.3 Å². The van der Waals surface area contributed by atoms with Crippen molar-refractivity contribution >= 4 is 24.0 Å². The third kappa shape index (κ3) is 3.04. The summed E-state index contributed by atoms with van der Waals surface area (Å²) in [4.78, 5) is 10.9. The summed E-state index contributed by atoms with van der Waals surface area (Å²) in [6, 6.07) is 5.00. The fourth-order valence-electron chi connectivity index (χ4n) is 1.69. The van der Waals surface area contributed by atoms with Crippen molar-refractivity contribution < 1.29 is 27.8 Å². The minimum Gasteiger partial charge on any atom is -0.449 e. The zero-order valence-electron chi connectivity index (χ0n) is 9.69. The first kappa shape index (κ1) is 13.8. The van der Waals surface area contributed by atoms with Gasteiger partial charge in [-0.25, -0.2) is 4.79 Å². The number of aryl methyl sites for hydroxylation is 1. The number of carbonyl (C=O) groups is 1. The first-order valence-corrected chi connectivity index (χ1v) is 6.12. The fourth-order valence-corrected chi connectivity index (χ4v) is 2.83. The maximum absolute atomic E-state index is 12.9. The predicted octanol–water partition coefficient (Wildman–Crippen LogP) is 4.07. The van der Waals surface area contributed by atoms with Gasteiger partial charge in [-0.2, -0.15) is 13.2 Å². The van der Waals surface area contributed by atoms with Gasteiger partial charge in [0, 0.05) is 4.90 Å². The molecule has 7 heteroatoms. The van der Waals surface area contributed by atoms with Crippen LogP contribution in [-0.4, -0.2) is 22.7 Å². The molecule has 1 aliphatic heterocycles. The Morgan fingerprint density at radius 1 is 1.42 bits per heavy atom. The first-order chi connectivity index (χ1) is 8.77. The Hall–Kier alpha value is -1.63. The molecule has 3 nitrogen and oxygen atoms in total. The van der Waals surface area contributed by atoms with Crippen LogP contribution in [0.2, 0.25) is 0 Å². The fraction of sp³-hybridized carbons (Fsp3) is 0.250. The highest BCUT2D eigenvalue weighted by Gasteiger charge is 2.46. The minimum atomic E-state index is -4.58. The van der Waals surface area contributed by atoms with Crippen LogP contribution >= 0.6 is 11.8 Å². The number of halogens is 3. The Labute approximate surface area is 111 Å². The highest BCUT2D eigenvalue weighted by Crippen LogP contribution is 2.45. The molecule has 0 spiro atoms. The van der Waals surface area contributed by atoms with E-state index in [0.717, 1.165) is 11.6 Å². The number of ether oxygens (including phenoxy) is 1. The summed E-state index contributed by atoms with van der Waals surface area (Å²) >= 11 is 0.547. The summed E-state index contributed by atoms with van der Waals surface area (Å²) in [6.45, 7) is 1.77. The molecule has 1 aromatic carbocycles. The second-order valence-corrected chi connectivity index (χ2v) is 5.14. The number of fused-ring (bicyclic) bond motifs is 1. The van der Waals surface area contributed by atoms with E-state index in [1.807, 2.05) is 0 Å². The van der Waals surface area contributed by atoms with Gasteiger partial charge in [-0.05, 0) is 30.2 Å². The van der Waals surface area contributed by atoms with Crippen LogP contribution in [0.15, 0.2) is 28.9 Å². The highest BCUT2D eigenvalue weighted by atomic mass is 32.2. The molecule has 0 saturated carbocycles. The minimum absolute atomic E-state index is 0.458. The van der Waals surface area contributed by atoms with Crippen molar-refractivity contribution in [2.75, 3.05) is 0 Å². The first-order valence-electron chi connectivity index (χ1n) is 5.24. The Bertz CT molecular complexity index is 552. The van der Waals surface area contributed by atoms with Gasteiger partial charge in [0.2, 0.25) is 0 Å². The van der Waals surface area contributed by atoms with E-state index in [2.05, 4.69) is 4.74 Å². The van der Waals surface area contributed by atoms with Crippen molar-refractivity contribution in [3.05, 3.63) is 35.1 Å². The van der Waals surface area contributed by atoms with Crippen molar-refractivity contribution in [1.29, 1.82) is 0 Å². The largest absolute Gasteiger partial charge is 0.511 e. The molecule has 1 unspecified atom stereocenters. The molecular weight excluding hydrogens is 281 g/mol.